The molecule has 0 N–H and O–H groups in total. The molecule has 6 heteroatoms. The van der Waals surface area contributed by atoms with Gasteiger partial charge in [-0.1, -0.05) is 51.5 Å². The second-order valence-electron chi connectivity index (χ2n) is 10.8. The molecule has 4 atom stereocenters. The van der Waals surface area contributed by atoms with E-state index in [1.165, 1.54) is 0 Å². The second kappa shape index (κ2) is 13.0. The summed E-state index contributed by atoms with van der Waals surface area (Å²) >= 11 is 0. The Morgan fingerprint density at radius 1 is 1.09 bits per heavy atom. The van der Waals surface area contributed by atoms with Gasteiger partial charge in [-0.15, -0.1) is 0 Å². The van der Waals surface area contributed by atoms with Crippen LogP contribution in [0.1, 0.15) is 59.4 Å². The zero-order valence-electron chi connectivity index (χ0n) is 22.7. The maximum Gasteiger partial charge on any atom is 0.189 e. The zero-order chi connectivity index (χ0) is 25.5. The monoisotopic (exact) mass is 490 g/mol. The number of carbonyl (C=O) groups excluding carboxylic acids is 1. The third-order valence-corrected chi connectivity index (χ3v) is 10.9. The first-order chi connectivity index (χ1) is 16.0. The van der Waals surface area contributed by atoms with E-state index in [0.717, 1.165) is 29.7 Å². The first-order valence-electron chi connectivity index (χ1n) is 12.6. The Hall–Kier alpha value is -1.47. The Labute approximate surface area is 208 Å². The first-order valence-corrected chi connectivity index (χ1v) is 15.6. The molecular weight excluding hydrogens is 444 g/mol. The molecule has 1 aliphatic rings. The molecule has 0 amide bonds. The van der Waals surface area contributed by atoms with Crippen LogP contribution in [0, 0.1) is 11.8 Å². The van der Waals surface area contributed by atoms with Gasteiger partial charge in [0, 0.05) is 13.5 Å². The number of ketones is 1. The van der Waals surface area contributed by atoms with Gasteiger partial charge in [-0.25, -0.2) is 0 Å². The van der Waals surface area contributed by atoms with Crippen molar-refractivity contribution in [2.24, 2.45) is 11.8 Å². The maximum atomic E-state index is 13.4. The molecule has 0 aromatic heterocycles. The van der Waals surface area contributed by atoms with E-state index < -0.39 is 8.32 Å². The van der Waals surface area contributed by atoms with E-state index in [-0.39, 0.29) is 30.0 Å². The van der Waals surface area contributed by atoms with E-state index >= 15 is 0 Å². The SMILES string of the molecule is COc1ccc(CO[C@@H]2[C@@H](OC)[C@H](/C(C)=C/CCC(C)C)C(=O)C[C@@H]2O[Si](C)(C)C(C)C)cc1. The molecule has 0 heterocycles. The molecule has 2 rings (SSSR count). The predicted octanol–water partition coefficient (Wildman–Crippen LogP) is 6.57. The van der Waals surface area contributed by atoms with Gasteiger partial charge in [0.2, 0.25) is 0 Å². The van der Waals surface area contributed by atoms with Gasteiger partial charge >= 0.3 is 0 Å². The minimum Gasteiger partial charge on any atom is -0.497 e. The van der Waals surface area contributed by atoms with Crippen LogP contribution < -0.4 is 4.74 Å². The molecule has 34 heavy (non-hydrogen) atoms. The second-order valence-corrected chi connectivity index (χ2v) is 15.4. The number of hydrogen-bond donors (Lipinski definition) is 0. The third-order valence-electron chi connectivity index (χ3n) is 7.19. The number of methoxy groups -OCH3 is 2. The molecule has 1 aromatic rings. The number of rotatable bonds is 12. The number of ether oxygens (including phenoxy) is 3. The summed E-state index contributed by atoms with van der Waals surface area (Å²) in [6, 6.07) is 7.88. The van der Waals surface area contributed by atoms with Gasteiger partial charge in [-0.05, 0) is 62.0 Å². The Morgan fingerprint density at radius 2 is 1.74 bits per heavy atom. The standard InChI is InChI=1S/C28H46O5Si/c1-19(2)11-10-12-21(5)26-24(29)17-25(33-34(8,9)20(3)4)27(28(26)31-7)32-18-22-13-15-23(30-6)16-14-22/h12-16,19-20,25-28H,10-11,17-18H2,1-9H3/b21-12+/t25-,26+,27-,28-/m0/s1. The summed E-state index contributed by atoms with van der Waals surface area (Å²) in [7, 11) is 1.34. The van der Waals surface area contributed by atoms with Crippen molar-refractivity contribution in [3.63, 3.8) is 0 Å². The fourth-order valence-electron chi connectivity index (χ4n) is 4.33. The molecule has 1 fully saturated rings. The van der Waals surface area contributed by atoms with Gasteiger partial charge in [0.05, 0.1) is 31.8 Å². The number of benzene rings is 1. The molecule has 0 saturated heterocycles. The van der Waals surface area contributed by atoms with Crippen LogP contribution in [0.25, 0.3) is 0 Å². The van der Waals surface area contributed by atoms with E-state index in [2.05, 4.69) is 53.8 Å². The van der Waals surface area contributed by atoms with Crippen molar-refractivity contribution >= 4 is 14.1 Å². The minimum atomic E-state index is -2.00. The Bertz CT molecular complexity index is 800. The van der Waals surface area contributed by atoms with Crippen molar-refractivity contribution in [2.75, 3.05) is 14.2 Å². The summed E-state index contributed by atoms with van der Waals surface area (Å²) in [5.41, 5.74) is 2.56. The van der Waals surface area contributed by atoms with Crippen molar-refractivity contribution in [3.8, 4) is 5.75 Å². The maximum absolute atomic E-state index is 13.4. The van der Waals surface area contributed by atoms with Gasteiger partial charge in [-0.2, -0.15) is 0 Å². The summed E-state index contributed by atoms with van der Waals surface area (Å²) in [4.78, 5) is 13.4. The predicted molar refractivity (Wildman–Crippen MR) is 141 cm³/mol. The van der Waals surface area contributed by atoms with Crippen LogP contribution in [0.15, 0.2) is 35.9 Å². The number of carbonyl (C=O) groups is 1. The molecule has 0 radical (unpaired) electrons. The van der Waals surface area contributed by atoms with E-state index in [4.69, 9.17) is 18.6 Å². The summed E-state index contributed by atoms with van der Waals surface area (Å²) in [6.07, 6.45) is 3.63. The lowest BCUT2D eigenvalue weighted by atomic mass is 9.77. The number of hydrogen-bond acceptors (Lipinski definition) is 5. The van der Waals surface area contributed by atoms with E-state index in [1.807, 2.05) is 24.3 Å². The molecule has 1 aliphatic carbocycles. The minimum absolute atomic E-state index is 0.188. The molecule has 0 unspecified atom stereocenters. The molecule has 1 aromatic carbocycles. The molecule has 1 saturated carbocycles. The molecular formula is C28H46O5Si. The Morgan fingerprint density at radius 3 is 2.26 bits per heavy atom. The number of allylic oxidation sites excluding steroid dienone is 1. The average molecular weight is 491 g/mol. The zero-order valence-corrected chi connectivity index (χ0v) is 23.7. The Balaban J connectivity index is 2.30. The van der Waals surface area contributed by atoms with Crippen LogP contribution in [0.4, 0.5) is 0 Å². The van der Waals surface area contributed by atoms with Gasteiger partial charge in [0.25, 0.3) is 0 Å². The van der Waals surface area contributed by atoms with Crippen LogP contribution in [0.2, 0.25) is 18.6 Å². The van der Waals surface area contributed by atoms with Crippen molar-refractivity contribution < 1.29 is 23.4 Å². The van der Waals surface area contributed by atoms with Crippen LogP contribution >= 0.6 is 0 Å². The first kappa shape index (κ1) is 28.8. The summed E-state index contributed by atoms with van der Waals surface area (Å²) in [6.45, 7) is 15.8. The van der Waals surface area contributed by atoms with Gasteiger partial charge in [0.15, 0.2) is 8.32 Å². The topological polar surface area (TPSA) is 54.0 Å². The molecule has 5 nitrogen and oxygen atoms in total. The van der Waals surface area contributed by atoms with Gasteiger partial charge < -0.3 is 18.6 Å². The van der Waals surface area contributed by atoms with Crippen molar-refractivity contribution in [1.82, 2.24) is 0 Å². The lowest BCUT2D eigenvalue weighted by Crippen LogP contribution is -2.57. The highest BCUT2D eigenvalue weighted by atomic mass is 28.4. The van der Waals surface area contributed by atoms with Gasteiger partial charge in [0.1, 0.15) is 17.6 Å². The van der Waals surface area contributed by atoms with E-state index in [1.54, 1.807) is 14.2 Å². The van der Waals surface area contributed by atoms with Crippen molar-refractivity contribution in [2.45, 2.75) is 97.4 Å². The van der Waals surface area contributed by atoms with Crippen LogP contribution in [0.3, 0.4) is 0 Å². The van der Waals surface area contributed by atoms with Crippen LogP contribution in [-0.2, 0) is 25.3 Å². The van der Waals surface area contributed by atoms with E-state index in [9.17, 15) is 4.79 Å². The summed E-state index contributed by atoms with van der Waals surface area (Å²) < 4.78 is 24.5. The fraction of sp³-hybridized carbons (Fsp3) is 0.679. The lowest BCUT2D eigenvalue weighted by Gasteiger charge is -2.44. The smallest absolute Gasteiger partial charge is 0.189 e. The van der Waals surface area contributed by atoms with Crippen LogP contribution in [-0.4, -0.2) is 46.6 Å². The highest BCUT2D eigenvalue weighted by Crippen LogP contribution is 2.37. The average Bonchev–Trinajstić information content (AvgIpc) is 2.77. The van der Waals surface area contributed by atoms with Crippen LogP contribution in [0.5, 0.6) is 5.75 Å². The molecule has 192 valence electrons. The quantitative estimate of drug-likeness (QED) is 0.245. The normalized spacial score (nSPS) is 24.2. The number of Topliss-reactive ketones (excluding diaryl/α,β-unsaturated/α-hetero) is 1. The third kappa shape index (κ3) is 7.77. The van der Waals surface area contributed by atoms with Crippen molar-refractivity contribution in [1.29, 1.82) is 0 Å². The van der Waals surface area contributed by atoms with Gasteiger partial charge in [-0.3, -0.25) is 4.79 Å². The fourth-order valence-corrected chi connectivity index (χ4v) is 5.60. The summed E-state index contributed by atoms with van der Waals surface area (Å²) in [5.74, 6) is 1.33. The highest BCUT2D eigenvalue weighted by Gasteiger charge is 2.48. The molecule has 0 spiro atoms. The highest BCUT2D eigenvalue weighted by molar-refractivity contribution is 6.72. The molecule has 0 aliphatic heterocycles. The molecule has 0 bridgehead atoms. The van der Waals surface area contributed by atoms with E-state index in [0.29, 0.717) is 24.5 Å². The summed E-state index contributed by atoms with van der Waals surface area (Å²) in [5, 5.41) is 0. The largest absolute Gasteiger partial charge is 0.497 e. The Kier molecular flexibility index (Phi) is 11.0. The van der Waals surface area contributed by atoms with Crippen molar-refractivity contribution in [3.05, 3.63) is 41.5 Å². The lowest BCUT2D eigenvalue weighted by molar-refractivity contribution is -0.163.